The maximum Gasteiger partial charge on any atom is 0.321 e. The minimum Gasteiger partial charge on any atom is -0.480 e. The number of amides is 1. The van der Waals surface area contributed by atoms with Gasteiger partial charge in [-0.15, -0.1) is 0 Å². The largest absolute Gasteiger partial charge is 0.480 e. The van der Waals surface area contributed by atoms with Gasteiger partial charge in [0.25, 0.3) is 0 Å². The summed E-state index contributed by atoms with van der Waals surface area (Å²) >= 11 is 3.11. The zero-order valence-corrected chi connectivity index (χ0v) is 12.7. The molecular weight excluding hydrogens is 352 g/mol. The average Bonchev–Trinajstić information content (AvgIpc) is 2.66. The van der Waals surface area contributed by atoms with Gasteiger partial charge in [-0.05, 0) is 40.5 Å². The molecule has 0 spiro atoms. The highest BCUT2D eigenvalue weighted by molar-refractivity contribution is 9.10. The van der Waals surface area contributed by atoms with Gasteiger partial charge in [-0.3, -0.25) is 9.59 Å². The summed E-state index contributed by atoms with van der Waals surface area (Å²) in [6, 6.07) is 1.59. The molecule has 20 heavy (non-hydrogen) atoms. The highest BCUT2D eigenvalue weighted by atomic mass is 79.9. The van der Waals surface area contributed by atoms with Gasteiger partial charge in [-0.1, -0.05) is 0 Å². The van der Waals surface area contributed by atoms with Crippen LogP contribution in [0.5, 0.6) is 0 Å². The summed E-state index contributed by atoms with van der Waals surface area (Å²) in [5.74, 6) is -1.49. The van der Waals surface area contributed by atoms with E-state index in [2.05, 4.69) is 26.0 Å². The minimum absolute atomic E-state index is 0.0964. The zero-order valence-electron chi connectivity index (χ0n) is 10.3. The van der Waals surface area contributed by atoms with Crippen molar-refractivity contribution in [1.29, 1.82) is 0 Å². The summed E-state index contributed by atoms with van der Waals surface area (Å²) in [6.07, 6.45) is 0.0968. The number of rotatable bonds is 4. The molecule has 0 radical (unpaired) electrons. The fourth-order valence-electron chi connectivity index (χ4n) is 1.78. The Morgan fingerprint density at radius 3 is 2.75 bits per heavy atom. The lowest BCUT2D eigenvalue weighted by atomic mass is 10.2. The third kappa shape index (κ3) is 2.84. The Kier molecular flexibility index (Phi) is 3.85. The molecule has 0 aliphatic carbocycles. The fourth-order valence-corrected chi connectivity index (χ4v) is 4.07. The molecule has 1 atom stereocenters. The van der Waals surface area contributed by atoms with E-state index >= 15 is 0 Å². The maximum atomic E-state index is 12.1. The molecule has 1 amide bonds. The molecule has 1 aromatic carbocycles. The second kappa shape index (κ2) is 5.15. The van der Waals surface area contributed by atoms with E-state index in [1.54, 1.807) is 0 Å². The van der Waals surface area contributed by atoms with Crippen LogP contribution in [-0.2, 0) is 26.0 Å². The van der Waals surface area contributed by atoms with Gasteiger partial charge in [0.1, 0.15) is 6.04 Å². The molecule has 3 N–H and O–H groups in total. The molecule has 1 heterocycles. The minimum atomic E-state index is -3.99. The summed E-state index contributed by atoms with van der Waals surface area (Å²) in [7, 11) is -3.99. The number of halogens is 1. The zero-order chi connectivity index (χ0) is 15.1. The second-order valence-electron chi connectivity index (χ2n) is 4.35. The van der Waals surface area contributed by atoms with E-state index in [-0.39, 0.29) is 21.7 Å². The molecule has 1 aromatic rings. The number of sulfonamides is 1. The molecule has 0 aromatic heterocycles. The molecular formula is C11H11BrN2O5S. The van der Waals surface area contributed by atoms with Gasteiger partial charge in [0.15, 0.2) is 0 Å². The highest BCUT2D eigenvalue weighted by Crippen LogP contribution is 2.32. The number of carboxylic acids is 1. The molecule has 7 nitrogen and oxygen atoms in total. The van der Waals surface area contributed by atoms with E-state index < -0.39 is 22.0 Å². The molecule has 108 valence electrons. The molecule has 9 heteroatoms. The highest BCUT2D eigenvalue weighted by Gasteiger charge is 2.27. The quantitative estimate of drug-likeness (QED) is 0.729. The third-order valence-electron chi connectivity index (χ3n) is 2.77. The van der Waals surface area contributed by atoms with Crippen molar-refractivity contribution in [2.24, 2.45) is 0 Å². The van der Waals surface area contributed by atoms with E-state index in [1.807, 2.05) is 0 Å². The fraction of sp³-hybridized carbons (Fsp3) is 0.273. The predicted octanol–water partition coefficient (Wildman–Crippen LogP) is 0.695. The molecule has 0 unspecified atom stereocenters. The number of hydrogen-bond donors (Lipinski definition) is 3. The van der Waals surface area contributed by atoms with Crippen molar-refractivity contribution in [3.8, 4) is 0 Å². The van der Waals surface area contributed by atoms with Crippen molar-refractivity contribution < 1.29 is 23.1 Å². The van der Waals surface area contributed by atoms with E-state index in [0.29, 0.717) is 11.3 Å². The van der Waals surface area contributed by atoms with Crippen LogP contribution in [0.1, 0.15) is 12.5 Å². The summed E-state index contributed by atoms with van der Waals surface area (Å²) < 4.78 is 26.6. The van der Waals surface area contributed by atoms with Crippen LogP contribution in [0.25, 0.3) is 0 Å². The number of benzene rings is 1. The van der Waals surface area contributed by atoms with Crippen LogP contribution in [0.3, 0.4) is 0 Å². The topological polar surface area (TPSA) is 113 Å². The Morgan fingerprint density at radius 1 is 1.50 bits per heavy atom. The van der Waals surface area contributed by atoms with Crippen molar-refractivity contribution in [2.75, 3.05) is 5.32 Å². The number of aliphatic carboxylic acids is 1. The molecule has 2 rings (SSSR count). The van der Waals surface area contributed by atoms with E-state index in [4.69, 9.17) is 5.11 Å². The second-order valence-corrected chi connectivity index (χ2v) is 6.88. The van der Waals surface area contributed by atoms with Crippen molar-refractivity contribution in [3.63, 3.8) is 0 Å². The van der Waals surface area contributed by atoms with Crippen molar-refractivity contribution in [1.82, 2.24) is 4.72 Å². The van der Waals surface area contributed by atoms with Crippen LogP contribution in [0.15, 0.2) is 21.5 Å². The number of carbonyl (C=O) groups excluding carboxylic acids is 1. The molecule has 0 saturated heterocycles. The van der Waals surface area contributed by atoms with Crippen LogP contribution < -0.4 is 10.0 Å². The standard InChI is InChI=1S/C11H11BrN2O5S/c1-5(11(16)17)14-20(18,19)9-2-6-3-10(15)13-8(6)4-7(9)12/h2,4-5,14H,3H2,1H3,(H,13,15)(H,16,17)/t5-/m1/s1. The molecule has 1 aliphatic rings. The number of hydrogen-bond acceptors (Lipinski definition) is 4. The van der Waals surface area contributed by atoms with Gasteiger partial charge in [0, 0.05) is 10.2 Å². The Bertz CT molecular complexity index is 701. The monoisotopic (exact) mass is 362 g/mol. The lowest BCUT2D eigenvalue weighted by molar-refractivity contribution is -0.138. The molecule has 0 bridgehead atoms. The van der Waals surface area contributed by atoms with Gasteiger partial charge in [-0.25, -0.2) is 8.42 Å². The number of fused-ring (bicyclic) bond motifs is 1. The molecule has 0 fully saturated rings. The number of nitrogens with one attached hydrogen (secondary N) is 2. The predicted molar refractivity (Wildman–Crippen MR) is 73.9 cm³/mol. The van der Waals surface area contributed by atoms with Gasteiger partial charge < -0.3 is 10.4 Å². The van der Waals surface area contributed by atoms with Crippen LogP contribution in [0.2, 0.25) is 0 Å². The first-order valence-corrected chi connectivity index (χ1v) is 7.86. The van der Waals surface area contributed by atoms with Crippen molar-refractivity contribution in [2.45, 2.75) is 24.3 Å². The first-order chi connectivity index (χ1) is 9.20. The molecule has 0 saturated carbocycles. The number of carbonyl (C=O) groups is 2. The van der Waals surface area contributed by atoms with Crippen molar-refractivity contribution >= 4 is 43.5 Å². The first-order valence-electron chi connectivity index (χ1n) is 5.58. The first kappa shape index (κ1) is 14.9. The smallest absolute Gasteiger partial charge is 0.321 e. The lowest BCUT2D eigenvalue weighted by Gasteiger charge is -2.12. The third-order valence-corrected chi connectivity index (χ3v) is 5.27. The number of carboxylic acid groups (broad SMARTS) is 1. The van der Waals surface area contributed by atoms with Gasteiger partial charge in [0.05, 0.1) is 11.3 Å². The summed E-state index contributed by atoms with van der Waals surface area (Å²) in [4.78, 5) is 21.9. The van der Waals surface area contributed by atoms with Crippen LogP contribution >= 0.6 is 15.9 Å². The Hall–Kier alpha value is -1.45. The van der Waals surface area contributed by atoms with E-state index in [9.17, 15) is 18.0 Å². The summed E-state index contributed by atoms with van der Waals surface area (Å²) in [5, 5.41) is 11.4. The Labute approximate surface area is 123 Å². The molecule has 1 aliphatic heterocycles. The van der Waals surface area contributed by atoms with Crippen LogP contribution in [-0.4, -0.2) is 31.4 Å². The average molecular weight is 363 g/mol. The van der Waals surface area contributed by atoms with E-state index in [0.717, 1.165) is 0 Å². The van der Waals surface area contributed by atoms with Gasteiger partial charge in [0.2, 0.25) is 15.9 Å². The lowest BCUT2D eigenvalue weighted by Crippen LogP contribution is -2.38. The number of anilines is 1. The van der Waals surface area contributed by atoms with Crippen LogP contribution in [0.4, 0.5) is 5.69 Å². The van der Waals surface area contributed by atoms with Gasteiger partial charge >= 0.3 is 5.97 Å². The summed E-state index contributed by atoms with van der Waals surface area (Å²) in [5.41, 5.74) is 1.11. The maximum absolute atomic E-state index is 12.1. The normalized spacial score (nSPS) is 15.6. The van der Waals surface area contributed by atoms with Crippen molar-refractivity contribution in [3.05, 3.63) is 22.2 Å². The SMILES string of the molecule is C[C@@H](NS(=O)(=O)c1cc2c(cc1Br)NC(=O)C2)C(=O)O. The van der Waals surface area contributed by atoms with E-state index in [1.165, 1.54) is 19.1 Å². The van der Waals surface area contributed by atoms with Crippen LogP contribution in [0, 0.1) is 0 Å². The Morgan fingerprint density at radius 2 is 2.15 bits per heavy atom. The Balaban J connectivity index is 2.41. The summed E-state index contributed by atoms with van der Waals surface area (Å²) in [6.45, 7) is 1.23. The van der Waals surface area contributed by atoms with Gasteiger partial charge in [-0.2, -0.15) is 4.72 Å².